The number of halogens is 1. The van der Waals surface area contributed by atoms with Crippen LogP contribution in [0.15, 0.2) is 12.1 Å². The van der Waals surface area contributed by atoms with Gasteiger partial charge in [0.1, 0.15) is 5.75 Å². The van der Waals surface area contributed by atoms with Crippen LogP contribution in [0.4, 0.5) is 0 Å². The molecule has 3 heteroatoms. The summed E-state index contributed by atoms with van der Waals surface area (Å²) in [5, 5.41) is 0.810. The first kappa shape index (κ1) is 15.3. The van der Waals surface area contributed by atoms with Crippen LogP contribution in [0.3, 0.4) is 0 Å². The molecule has 1 rings (SSSR count). The van der Waals surface area contributed by atoms with Gasteiger partial charge < -0.3 is 10.5 Å². The molecule has 0 fully saturated rings. The number of rotatable bonds is 6. The molecule has 1 aromatic rings. The van der Waals surface area contributed by atoms with Gasteiger partial charge in [-0.3, -0.25) is 0 Å². The predicted octanol–water partition coefficient (Wildman–Crippen LogP) is 4.11. The van der Waals surface area contributed by atoms with Gasteiger partial charge in [0.05, 0.1) is 7.11 Å². The standard InChI is InChI=1S/C15H24ClNO/c1-11-9-14(18-4)12(10-13(11)16)7-5-6-8-15(2,3)17/h9-10H,5-8,17H2,1-4H3. The second-order valence-electron chi connectivity index (χ2n) is 5.61. The van der Waals surface area contributed by atoms with E-state index in [4.69, 9.17) is 22.1 Å². The smallest absolute Gasteiger partial charge is 0.122 e. The van der Waals surface area contributed by atoms with E-state index in [0.29, 0.717) is 0 Å². The molecule has 0 aliphatic heterocycles. The highest BCUT2D eigenvalue weighted by atomic mass is 35.5. The largest absolute Gasteiger partial charge is 0.496 e. The summed E-state index contributed by atoms with van der Waals surface area (Å²) in [5.74, 6) is 0.934. The Bertz CT molecular complexity index is 396. The van der Waals surface area contributed by atoms with Crippen molar-refractivity contribution in [3.8, 4) is 5.75 Å². The van der Waals surface area contributed by atoms with Gasteiger partial charge in [0.15, 0.2) is 0 Å². The van der Waals surface area contributed by atoms with Gasteiger partial charge >= 0.3 is 0 Å². The summed E-state index contributed by atoms with van der Waals surface area (Å²) in [4.78, 5) is 0. The molecule has 0 saturated carbocycles. The number of ether oxygens (including phenoxy) is 1. The molecule has 0 amide bonds. The molecule has 0 radical (unpaired) electrons. The third-order valence-electron chi connectivity index (χ3n) is 3.08. The van der Waals surface area contributed by atoms with Crippen LogP contribution in [0, 0.1) is 6.92 Å². The lowest BCUT2D eigenvalue weighted by Gasteiger charge is -2.18. The van der Waals surface area contributed by atoms with Crippen LogP contribution in [-0.2, 0) is 6.42 Å². The zero-order valence-electron chi connectivity index (χ0n) is 11.8. The first-order chi connectivity index (χ1) is 8.33. The minimum Gasteiger partial charge on any atom is -0.496 e. The Kier molecular flexibility index (Phi) is 5.48. The molecule has 2 nitrogen and oxygen atoms in total. The fraction of sp³-hybridized carbons (Fsp3) is 0.600. The molecular weight excluding hydrogens is 246 g/mol. The fourth-order valence-electron chi connectivity index (χ4n) is 1.98. The van der Waals surface area contributed by atoms with E-state index in [1.165, 1.54) is 5.56 Å². The average molecular weight is 270 g/mol. The van der Waals surface area contributed by atoms with Crippen LogP contribution in [0.25, 0.3) is 0 Å². The van der Waals surface area contributed by atoms with Gasteiger partial charge in [-0.05, 0) is 63.3 Å². The Balaban J connectivity index is 2.59. The summed E-state index contributed by atoms with van der Waals surface area (Å²) in [7, 11) is 1.70. The summed E-state index contributed by atoms with van der Waals surface area (Å²) < 4.78 is 5.40. The Morgan fingerprint density at radius 3 is 2.50 bits per heavy atom. The Hall–Kier alpha value is -0.730. The molecule has 0 unspecified atom stereocenters. The van der Waals surface area contributed by atoms with Crippen LogP contribution in [0.5, 0.6) is 5.75 Å². The Morgan fingerprint density at radius 2 is 1.94 bits per heavy atom. The summed E-state index contributed by atoms with van der Waals surface area (Å²) in [5.41, 5.74) is 8.13. The van der Waals surface area contributed by atoms with Crippen molar-refractivity contribution in [3.63, 3.8) is 0 Å². The first-order valence-corrected chi connectivity index (χ1v) is 6.83. The summed E-state index contributed by atoms with van der Waals surface area (Å²) in [6.07, 6.45) is 4.25. The topological polar surface area (TPSA) is 35.2 Å². The molecule has 0 aliphatic carbocycles. The third-order valence-corrected chi connectivity index (χ3v) is 3.49. The summed E-state index contributed by atoms with van der Waals surface area (Å²) >= 11 is 6.15. The van der Waals surface area contributed by atoms with Crippen molar-refractivity contribution in [1.29, 1.82) is 0 Å². The predicted molar refractivity (Wildman–Crippen MR) is 78.6 cm³/mol. The van der Waals surface area contributed by atoms with Crippen molar-refractivity contribution in [2.45, 2.75) is 52.0 Å². The number of unbranched alkanes of at least 4 members (excludes halogenated alkanes) is 1. The lowest BCUT2D eigenvalue weighted by Crippen LogP contribution is -2.31. The molecule has 0 atom stereocenters. The van der Waals surface area contributed by atoms with Crippen LogP contribution in [-0.4, -0.2) is 12.6 Å². The highest BCUT2D eigenvalue weighted by Crippen LogP contribution is 2.28. The highest BCUT2D eigenvalue weighted by Gasteiger charge is 2.11. The van der Waals surface area contributed by atoms with Crippen molar-refractivity contribution < 1.29 is 4.74 Å². The zero-order chi connectivity index (χ0) is 13.8. The summed E-state index contributed by atoms with van der Waals surface area (Å²) in [6.45, 7) is 6.12. The van der Waals surface area contributed by atoms with E-state index in [1.807, 2.05) is 19.1 Å². The number of aryl methyl sites for hydroxylation is 2. The maximum Gasteiger partial charge on any atom is 0.122 e. The van der Waals surface area contributed by atoms with Crippen molar-refractivity contribution in [3.05, 3.63) is 28.3 Å². The van der Waals surface area contributed by atoms with Crippen LogP contribution < -0.4 is 10.5 Å². The quantitative estimate of drug-likeness (QED) is 0.789. The van der Waals surface area contributed by atoms with Gasteiger partial charge in [-0.15, -0.1) is 0 Å². The minimum absolute atomic E-state index is 0.0744. The minimum atomic E-state index is -0.0744. The monoisotopic (exact) mass is 269 g/mol. The first-order valence-electron chi connectivity index (χ1n) is 6.45. The molecular formula is C15H24ClNO. The zero-order valence-corrected chi connectivity index (χ0v) is 12.6. The van der Waals surface area contributed by atoms with E-state index in [2.05, 4.69) is 13.8 Å². The number of methoxy groups -OCH3 is 1. The van der Waals surface area contributed by atoms with E-state index >= 15 is 0 Å². The lowest BCUT2D eigenvalue weighted by atomic mass is 9.96. The third kappa shape index (κ3) is 4.87. The fourth-order valence-corrected chi connectivity index (χ4v) is 2.16. The average Bonchev–Trinajstić information content (AvgIpc) is 2.27. The molecule has 1 aromatic carbocycles. The van der Waals surface area contributed by atoms with Gasteiger partial charge in [0.25, 0.3) is 0 Å². The summed E-state index contributed by atoms with van der Waals surface area (Å²) in [6, 6.07) is 4.02. The van der Waals surface area contributed by atoms with Gasteiger partial charge in [0, 0.05) is 10.6 Å². The molecule has 0 spiro atoms. The van der Waals surface area contributed by atoms with Crippen molar-refractivity contribution in [2.24, 2.45) is 5.73 Å². The lowest BCUT2D eigenvalue weighted by molar-refractivity contribution is 0.406. The molecule has 0 heterocycles. The molecule has 0 bridgehead atoms. The molecule has 2 N–H and O–H groups in total. The number of hydrogen-bond acceptors (Lipinski definition) is 2. The van der Waals surface area contributed by atoms with Crippen molar-refractivity contribution in [2.75, 3.05) is 7.11 Å². The Morgan fingerprint density at radius 1 is 1.28 bits per heavy atom. The van der Waals surface area contributed by atoms with Crippen LogP contribution >= 0.6 is 11.6 Å². The van der Waals surface area contributed by atoms with Gasteiger partial charge in [0.2, 0.25) is 0 Å². The van der Waals surface area contributed by atoms with Gasteiger partial charge in [-0.1, -0.05) is 18.0 Å². The SMILES string of the molecule is COc1cc(C)c(Cl)cc1CCCCC(C)(C)N. The molecule has 0 saturated heterocycles. The molecule has 0 aliphatic rings. The van der Waals surface area contributed by atoms with E-state index in [1.54, 1.807) is 7.11 Å². The normalized spacial score (nSPS) is 11.7. The molecule has 18 heavy (non-hydrogen) atoms. The van der Waals surface area contributed by atoms with E-state index in [-0.39, 0.29) is 5.54 Å². The van der Waals surface area contributed by atoms with Gasteiger partial charge in [-0.2, -0.15) is 0 Å². The molecule has 0 aromatic heterocycles. The van der Waals surface area contributed by atoms with E-state index < -0.39 is 0 Å². The number of benzene rings is 1. The second kappa shape index (κ2) is 6.44. The van der Waals surface area contributed by atoms with Crippen LogP contribution in [0.2, 0.25) is 5.02 Å². The van der Waals surface area contributed by atoms with E-state index in [9.17, 15) is 0 Å². The maximum atomic E-state index is 6.15. The number of nitrogens with two attached hydrogens (primary N) is 1. The number of hydrogen-bond donors (Lipinski definition) is 1. The van der Waals surface area contributed by atoms with E-state index in [0.717, 1.165) is 42.0 Å². The highest BCUT2D eigenvalue weighted by molar-refractivity contribution is 6.31. The second-order valence-corrected chi connectivity index (χ2v) is 6.02. The van der Waals surface area contributed by atoms with Crippen molar-refractivity contribution >= 4 is 11.6 Å². The van der Waals surface area contributed by atoms with Gasteiger partial charge in [-0.25, -0.2) is 0 Å². The maximum absolute atomic E-state index is 6.15. The molecule has 102 valence electrons. The Labute approximate surface area is 115 Å². The van der Waals surface area contributed by atoms with Crippen molar-refractivity contribution in [1.82, 2.24) is 0 Å². The van der Waals surface area contributed by atoms with Crippen LogP contribution in [0.1, 0.15) is 44.2 Å².